The average molecular weight is 321 g/mol. The second-order valence-corrected chi connectivity index (χ2v) is 5.39. The first-order valence-corrected chi connectivity index (χ1v) is 7.58. The molecule has 4 rings (SSSR count). The number of nitrogens with one attached hydrogen (secondary N) is 1. The summed E-state index contributed by atoms with van der Waals surface area (Å²) in [7, 11) is 1.62. The van der Waals surface area contributed by atoms with Crippen molar-refractivity contribution < 1.29 is 9.53 Å². The van der Waals surface area contributed by atoms with E-state index in [1.54, 1.807) is 30.1 Å². The number of aromatic nitrogens is 4. The number of methoxy groups -OCH3 is 1. The molecule has 0 aliphatic carbocycles. The smallest absolute Gasteiger partial charge is 0.269 e. The van der Waals surface area contributed by atoms with Gasteiger partial charge < -0.3 is 10.1 Å². The Morgan fingerprint density at radius 2 is 2.12 bits per heavy atom. The highest BCUT2D eigenvalue weighted by Crippen LogP contribution is 2.24. The van der Waals surface area contributed by atoms with Crippen LogP contribution in [0.25, 0.3) is 22.8 Å². The summed E-state index contributed by atoms with van der Waals surface area (Å²) in [6.07, 6.45) is 1.69. The molecule has 1 amide bonds. The molecule has 3 heterocycles. The minimum atomic E-state index is -0.109. The number of ether oxygens (including phenoxy) is 1. The SMILES string of the molecule is COc1cccc(-c2nccc(-c3cc4n(n3)CCNC4=O)n2)c1. The maximum atomic E-state index is 11.9. The quantitative estimate of drug-likeness (QED) is 0.795. The van der Waals surface area contributed by atoms with Gasteiger partial charge in [0.25, 0.3) is 5.91 Å². The fourth-order valence-electron chi connectivity index (χ4n) is 2.66. The van der Waals surface area contributed by atoms with Crippen molar-refractivity contribution in [2.24, 2.45) is 0 Å². The molecule has 0 atom stereocenters. The van der Waals surface area contributed by atoms with Gasteiger partial charge in [0.1, 0.15) is 17.1 Å². The van der Waals surface area contributed by atoms with Crippen LogP contribution in [0.1, 0.15) is 10.5 Å². The normalized spacial score (nSPS) is 13.3. The highest BCUT2D eigenvalue weighted by Gasteiger charge is 2.20. The number of hydrogen-bond acceptors (Lipinski definition) is 5. The Morgan fingerprint density at radius 3 is 2.96 bits per heavy atom. The largest absolute Gasteiger partial charge is 0.497 e. The summed E-state index contributed by atoms with van der Waals surface area (Å²) in [4.78, 5) is 20.8. The number of rotatable bonds is 3. The van der Waals surface area contributed by atoms with E-state index in [0.29, 0.717) is 36.0 Å². The van der Waals surface area contributed by atoms with Gasteiger partial charge in [-0.2, -0.15) is 5.10 Å². The Bertz CT molecular complexity index is 919. The van der Waals surface area contributed by atoms with E-state index in [1.807, 2.05) is 24.3 Å². The number of carbonyl (C=O) groups excluding carboxylic acids is 1. The van der Waals surface area contributed by atoms with Gasteiger partial charge in [0, 0.05) is 18.3 Å². The first kappa shape index (κ1) is 14.4. The van der Waals surface area contributed by atoms with Gasteiger partial charge in [-0.1, -0.05) is 12.1 Å². The summed E-state index contributed by atoms with van der Waals surface area (Å²) in [5.41, 5.74) is 2.75. The van der Waals surface area contributed by atoms with Crippen LogP contribution in [0.15, 0.2) is 42.6 Å². The Hall–Kier alpha value is -3.22. The molecule has 24 heavy (non-hydrogen) atoms. The number of amides is 1. The first-order chi connectivity index (χ1) is 11.7. The summed E-state index contributed by atoms with van der Waals surface area (Å²) in [6, 6.07) is 11.1. The summed E-state index contributed by atoms with van der Waals surface area (Å²) < 4.78 is 6.95. The zero-order valence-corrected chi connectivity index (χ0v) is 13.1. The third kappa shape index (κ3) is 2.50. The Labute approximate surface area is 138 Å². The lowest BCUT2D eigenvalue weighted by Gasteiger charge is -2.13. The van der Waals surface area contributed by atoms with E-state index in [4.69, 9.17) is 4.74 Å². The number of fused-ring (bicyclic) bond motifs is 1. The number of hydrogen-bond donors (Lipinski definition) is 1. The third-order valence-corrected chi connectivity index (χ3v) is 3.87. The molecule has 0 bridgehead atoms. The minimum absolute atomic E-state index is 0.109. The lowest BCUT2D eigenvalue weighted by molar-refractivity contribution is 0.0924. The van der Waals surface area contributed by atoms with Crippen LogP contribution in [0.5, 0.6) is 5.75 Å². The van der Waals surface area contributed by atoms with Gasteiger partial charge in [0.15, 0.2) is 5.82 Å². The Balaban J connectivity index is 1.74. The molecule has 0 unspecified atom stereocenters. The molecule has 3 aromatic rings. The van der Waals surface area contributed by atoms with E-state index in [-0.39, 0.29) is 5.91 Å². The maximum Gasteiger partial charge on any atom is 0.269 e. The van der Waals surface area contributed by atoms with Crippen molar-refractivity contribution in [3.63, 3.8) is 0 Å². The van der Waals surface area contributed by atoms with Crippen molar-refractivity contribution >= 4 is 5.91 Å². The molecule has 1 N–H and O–H groups in total. The van der Waals surface area contributed by atoms with E-state index in [2.05, 4.69) is 20.4 Å². The van der Waals surface area contributed by atoms with E-state index in [9.17, 15) is 4.79 Å². The second kappa shape index (κ2) is 5.77. The third-order valence-electron chi connectivity index (χ3n) is 3.87. The van der Waals surface area contributed by atoms with Gasteiger partial charge in [0.2, 0.25) is 0 Å². The van der Waals surface area contributed by atoms with Crippen LogP contribution in [0.3, 0.4) is 0 Å². The van der Waals surface area contributed by atoms with Crippen LogP contribution in [-0.4, -0.2) is 39.3 Å². The molecule has 0 saturated carbocycles. The van der Waals surface area contributed by atoms with Crippen LogP contribution < -0.4 is 10.1 Å². The minimum Gasteiger partial charge on any atom is -0.497 e. The molecule has 0 fully saturated rings. The predicted octanol–water partition coefficient (Wildman–Crippen LogP) is 1.76. The molecule has 1 aromatic carbocycles. The fourth-order valence-corrected chi connectivity index (χ4v) is 2.66. The summed E-state index contributed by atoms with van der Waals surface area (Å²) in [5, 5.41) is 7.29. The molecule has 1 aliphatic heterocycles. The van der Waals surface area contributed by atoms with Gasteiger partial charge in [0.05, 0.1) is 19.3 Å². The number of carbonyl (C=O) groups is 1. The highest BCUT2D eigenvalue weighted by atomic mass is 16.5. The number of nitrogens with zero attached hydrogens (tertiary/aromatic N) is 4. The molecular weight excluding hydrogens is 306 g/mol. The summed E-state index contributed by atoms with van der Waals surface area (Å²) in [5.74, 6) is 1.22. The molecule has 2 aromatic heterocycles. The fraction of sp³-hybridized carbons (Fsp3) is 0.176. The maximum absolute atomic E-state index is 11.9. The van der Waals surface area contributed by atoms with Crippen molar-refractivity contribution in [1.29, 1.82) is 0 Å². The standard InChI is InChI=1S/C17H15N5O2/c1-24-12-4-2-3-11(9-12)16-18-6-5-13(20-16)14-10-15-17(23)19-7-8-22(15)21-14/h2-6,9-10H,7-8H2,1H3,(H,19,23). The van der Waals surface area contributed by atoms with Crippen LogP contribution in [0.2, 0.25) is 0 Å². The topological polar surface area (TPSA) is 81.9 Å². The Kier molecular flexibility index (Phi) is 3.45. The molecule has 0 saturated heterocycles. The van der Waals surface area contributed by atoms with Crippen LogP contribution in [-0.2, 0) is 6.54 Å². The average Bonchev–Trinajstić information content (AvgIpc) is 3.08. The van der Waals surface area contributed by atoms with Crippen molar-refractivity contribution in [3.05, 3.63) is 48.3 Å². The Morgan fingerprint density at radius 1 is 1.21 bits per heavy atom. The first-order valence-electron chi connectivity index (χ1n) is 7.58. The van der Waals surface area contributed by atoms with Crippen molar-refractivity contribution in [1.82, 2.24) is 25.1 Å². The molecule has 0 spiro atoms. The van der Waals surface area contributed by atoms with Gasteiger partial charge in [-0.05, 0) is 24.3 Å². The predicted molar refractivity (Wildman–Crippen MR) is 87.6 cm³/mol. The molecule has 7 heteroatoms. The monoisotopic (exact) mass is 321 g/mol. The molecule has 7 nitrogen and oxygen atoms in total. The van der Waals surface area contributed by atoms with Gasteiger partial charge >= 0.3 is 0 Å². The van der Waals surface area contributed by atoms with Gasteiger partial charge in [-0.25, -0.2) is 9.97 Å². The van der Waals surface area contributed by atoms with Gasteiger partial charge in [-0.3, -0.25) is 9.48 Å². The second-order valence-electron chi connectivity index (χ2n) is 5.39. The van der Waals surface area contributed by atoms with Crippen LogP contribution >= 0.6 is 0 Å². The van der Waals surface area contributed by atoms with Crippen molar-refractivity contribution in [2.45, 2.75) is 6.54 Å². The lowest BCUT2D eigenvalue weighted by atomic mass is 10.2. The molecular formula is C17H15N5O2. The van der Waals surface area contributed by atoms with E-state index >= 15 is 0 Å². The molecule has 0 radical (unpaired) electrons. The van der Waals surface area contributed by atoms with Crippen LogP contribution in [0, 0.1) is 0 Å². The summed E-state index contributed by atoms with van der Waals surface area (Å²) >= 11 is 0. The van der Waals surface area contributed by atoms with E-state index < -0.39 is 0 Å². The zero-order chi connectivity index (χ0) is 16.5. The lowest BCUT2D eigenvalue weighted by Crippen LogP contribution is -2.35. The van der Waals surface area contributed by atoms with Crippen LogP contribution in [0.4, 0.5) is 0 Å². The van der Waals surface area contributed by atoms with E-state index in [1.165, 1.54) is 0 Å². The summed E-state index contributed by atoms with van der Waals surface area (Å²) in [6.45, 7) is 1.25. The van der Waals surface area contributed by atoms with Gasteiger partial charge in [-0.15, -0.1) is 0 Å². The molecule has 1 aliphatic rings. The van der Waals surface area contributed by atoms with E-state index in [0.717, 1.165) is 11.3 Å². The van der Waals surface area contributed by atoms with Crippen molar-refractivity contribution in [3.8, 4) is 28.5 Å². The zero-order valence-electron chi connectivity index (χ0n) is 13.1. The highest BCUT2D eigenvalue weighted by molar-refractivity contribution is 5.94. The van der Waals surface area contributed by atoms with Crippen molar-refractivity contribution in [2.75, 3.05) is 13.7 Å². The molecule has 120 valence electrons. The number of benzene rings is 1.